The van der Waals surface area contributed by atoms with Crippen LogP contribution in [0.4, 0.5) is 0 Å². The first-order valence-corrected chi connectivity index (χ1v) is 10.7. The fourth-order valence-electron chi connectivity index (χ4n) is 2.86. The minimum absolute atomic E-state index is 0.284. The number of allylic oxidation sites excluding steroid dienone is 1. The fourth-order valence-corrected chi connectivity index (χ4v) is 3.89. The molecule has 144 valence electrons. The zero-order chi connectivity index (χ0) is 18.8. The van der Waals surface area contributed by atoms with Crippen molar-refractivity contribution in [3.63, 3.8) is 0 Å². The summed E-state index contributed by atoms with van der Waals surface area (Å²) in [7, 11) is -1.76. The summed E-state index contributed by atoms with van der Waals surface area (Å²) in [6.07, 6.45) is 8.37. The van der Waals surface area contributed by atoms with Crippen LogP contribution in [0.15, 0.2) is 45.8 Å². The van der Waals surface area contributed by atoms with E-state index in [1.165, 1.54) is 31.3 Å². The van der Waals surface area contributed by atoms with Crippen molar-refractivity contribution in [3.8, 4) is 0 Å². The van der Waals surface area contributed by atoms with Gasteiger partial charge in [-0.25, -0.2) is 13.1 Å². The Kier molecular flexibility index (Phi) is 8.12. The number of aryl methyl sites for hydroxylation is 1. The number of hydrogen-bond acceptors (Lipinski definition) is 3. The first kappa shape index (κ1) is 20.5. The molecule has 1 aliphatic rings. The van der Waals surface area contributed by atoms with Gasteiger partial charge in [0.2, 0.25) is 10.0 Å². The number of hydrogen-bond donors (Lipinski definition) is 3. The second-order valence-corrected chi connectivity index (χ2v) is 8.26. The minimum Gasteiger partial charge on any atom is -0.356 e. The predicted octanol–water partition coefficient (Wildman–Crippen LogP) is 2.33. The van der Waals surface area contributed by atoms with Crippen LogP contribution in [0.2, 0.25) is 0 Å². The molecule has 0 atom stereocenters. The van der Waals surface area contributed by atoms with Crippen molar-refractivity contribution >= 4 is 16.0 Å². The molecular weight excluding hydrogens is 348 g/mol. The van der Waals surface area contributed by atoms with Gasteiger partial charge in [0.1, 0.15) is 0 Å². The highest BCUT2D eigenvalue weighted by Crippen LogP contribution is 2.19. The van der Waals surface area contributed by atoms with Crippen LogP contribution in [-0.4, -0.2) is 41.1 Å². The minimum atomic E-state index is -3.47. The molecule has 0 unspecified atom stereocenters. The monoisotopic (exact) mass is 378 g/mol. The predicted molar refractivity (Wildman–Crippen MR) is 107 cm³/mol. The van der Waals surface area contributed by atoms with E-state index in [-0.39, 0.29) is 4.90 Å². The van der Waals surface area contributed by atoms with E-state index in [2.05, 4.69) is 26.4 Å². The van der Waals surface area contributed by atoms with Gasteiger partial charge in [-0.05, 0) is 51.2 Å². The number of sulfonamides is 1. The van der Waals surface area contributed by atoms with Gasteiger partial charge < -0.3 is 10.6 Å². The smallest absolute Gasteiger partial charge is 0.240 e. The van der Waals surface area contributed by atoms with Gasteiger partial charge in [0, 0.05) is 26.7 Å². The van der Waals surface area contributed by atoms with Crippen LogP contribution in [0.1, 0.15) is 37.7 Å². The van der Waals surface area contributed by atoms with Crippen LogP contribution in [0.25, 0.3) is 0 Å². The summed E-state index contributed by atoms with van der Waals surface area (Å²) < 4.78 is 27.0. The summed E-state index contributed by atoms with van der Waals surface area (Å²) >= 11 is 0. The Morgan fingerprint density at radius 2 is 1.81 bits per heavy atom. The van der Waals surface area contributed by atoms with Crippen molar-refractivity contribution in [3.05, 3.63) is 41.5 Å². The van der Waals surface area contributed by atoms with Crippen LogP contribution in [0, 0.1) is 6.92 Å². The molecule has 2 rings (SSSR count). The SMILES string of the molecule is CN=C(NCCNS(=O)(=O)c1ccc(C)cc1)NCCC1=CCCCC1. The lowest BCUT2D eigenvalue weighted by Crippen LogP contribution is -2.41. The highest BCUT2D eigenvalue weighted by molar-refractivity contribution is 7.89. The molecule has 1 aromatic carbocycles. The standard InChI is InChI=1S/C19H30N4O2S/c1-16-8-10-18(11-9-16)26(24,25)23-15-14-22-19(20-2)21-13-12-17-6-4-3-5-7-17/h6,8-11,23H,3-5,7,12-15H2,1-2H3,(H2,20,21,22). The van der Waals surface area contributed by atoms with Crippen LogP contribution in [-0.2, 0) is 10.0 Å². The molecule has 0 bridgehead atoms. The van der Waals surface area contributed by atoms with E-state index in [0.29, 0.717) is 19.0 Å². The lowest BCUT2D eigenvalue weighted by molar-refractivity contribution is 0.580. The molecule has 0 amide bonds. The second-order valence-electron chi connectivity index (χ2n) is 6.49. The second kappa shape index (κ2) is 10.3. The quantitative estimate of drug-likeness (QED) is 0.281. The summed E-state index contributed by atoms with van der Waals surface area (Å²) in [5.74, 6) is 0.691. The van der Waals surface area contributed by atoms with Crippen molar-refractivity contribution in [2.45, 2.75) is 43.9 Å². The molecule has 0 aliphatic heterocycles. The molecule has 0 saturated carbocycles. The maximum absolute atomic E-state index is 12.2. The van der Waals surface area contributed by atoms with Gasteiger partial charge >= 0.3 is 0 Å². The number of aliphatic imine (C=N–C) groups is 1. The number of benzene rings is 1. The average Bonchev–Trinajstić information content (AvgIpc) is 2.65. The number of guanidine groups is 1. The number of rotatable bonds is 8. The topological polar surface area (TPSA) is 82.6 Å². The molecule has 7 heteroatoms. The van der Waals surface area contributed by atoms with E-state index in [1.807, 2.05) is 6.92 Å². The Hall–Kier alpha value is -1.86. The highest BCUT2D eigenvalue weighted by Gasteiger charge is 2.12. The van der Waals surface area contributed by atoms with Crippen LogP contribution in [0.3, 0.4) is 0 Å². The average molecular weight is 379 g/mol. The summed E-state index contributed by atoms with van der Waals surface area (Å²) in [5, 5.41) is 6.41. The maximum Gasteiger partial charge on any atom is 0.240 e. The third kappa shape index (κ3) is 6.80. The van der Waals surface area contributed by atoms with E-state index >= 15 is 0 Å². The Bertz CT molecular complexity index is 724. The Labute approximate surface area is 157 Å². The van der Waals surface area contributed by atoms with Gasteiger partial charge in [-0.15, -0.1) is 0 Å². The molecule has 0 radical (unpaired) electrons. The van der Waals surface area contributed by atoms with E-state index in [4.69, 9.17) is 0 Å². The van der Waals surface area contributed by atoms with E-state index < -0.39 is 10.0 Å². The van der Waals surface area contributed by atoms with Gasteiger partial charge in [-0.2, -0.15) is 0 Å². The first-order valence-electron chi connectivity index (χ1n) is 9.20. The highest BCUT2D eigenvalue weighted by atomic mass is 32.2. The molecule has 6 nitrogen and oxygen atoms in total. The van der Waals surface area contributed by atoms with Crippen LogP contribution >= 0.6 is 0 Å². The molecule has 0 saturated heterocycles. The lowest BCUT2D eigenvalue weighted by Gasteiger charge is -2.15. The molecular formula is C19H30N4O2S. The Morgan fingerprint density at radius 3 is 2.46 bits per heavy atom. The Balaban J connectivity index is 1.68. The first-order chi connectivity index (χ1) is 12.5. The van der Waals surface area contributed by atoms with Gasteiger partial charge in [0.25, 0.3) is 0 Å². The van der Waals surface area contributed by atoms with Crippen molar-refractivity contribution in [2.75, 3.05) is 26.7 Å². The van der Waals surface area contributed by atoms with Crippen molar-refractivity contribution < 1.29 is 8.42 Å². The Morgan fingerprint density at radius 1 is 1.08 bits per heavy atom. The van der Waals surface area contributed by atoms with Crippen molar-refractivity contribution in [1.82, 2.24) is 15.4 Å². The molecule has 0 fully saturated rings. The summed E-state index contributed by atoms with van der Waals surface area (Å²) in [5.41, 5.74) is 2.55. The summed E-state index contributed by atoms with van der Waals surface area (Å²) in [4.78, 5) is 4.45. The van der Waals surface area contributed by atoms with E-state index in [0.717, 1.165) is 18.5 Å². The van der Waals surface area contributed by atoms with Gasteiger partial charge in [-0.1, -0.05) is 29.3 Å². The van der Waals surface area contributed by atoms with Gasteiger partial charge in [0.15, 0.2) is 5.96 Å². The number of nitrogens with zero attached hydrogens (tertiary/aromatic N) is 1. The van der Waals surface area contributed by atoms with Crippen LogP contribution in [0.5, 0.6) is 0 Å². The molecule has 0 spiro atoms. The lowest BCUT2D eigenvalue weighted by atomic mass is 9.97. The fraction of sp³-hybridized carbons (Fsp3) is 0.526. The third-order valence-corrected chi connectivity index (χ3v) is 5.86. The molecule has 26 heavy (non-hydrogen) atoms. The maximum atomic E-state index is 12.2. The van der Waals surface area contributed by atoms with E-state index in [9.17, 15) is 8.42 Å². The van der Waals surface area contributed by atoms with Crippen molar-refractivity contribution in [2.24, 2.45) is 4.99 Å². The summed E-state index contributed by atoms with van der Waals surface area (Å²) in [6.45, 7) is 3.52. The van der Waals surface area contributed by atoms with Crippen LogP contribution < -0.4 is 15.4 Å². The van der Waals surface area contributed by atoms with E-state index in [1.54, 1.807) is 31.3 Å². The third-order valence-electron chi connectivity index (χ3n) is 4.39. The summed E-state index contributed by atoms with van der Waals surface area (Å²) in [6, 6.07) is 6.82. The zero-order valence-electron chi connectivity index (χ0n) is 15.7. The zero-order valence-corrected chi connectivity index (χ0v) is 16.5. The van der Waals surface area contributed by atoms with Gasteiger partial charge in [-0.3, -0.25) is 4.99 Å². The molecule has 0 aromatic heterocycles. The number of nitrogens with one attached hydrogen (secondary N) is 3. The molecule has 0 heterocycles. The molecule has 3 N–H and O–H groups in total. The largest absolute Gasteiger partial charge is 0.356 e. The van der Waals surface area contributed by atoms with Gasteiger partial charge in [0.05, 0.1) is 4.90 Å². The van der Waals surface area contributed by atoms with Crippen molar-refractivity contribution in [1.29, 1.82) is 0 Å². The molecule has 1 aromatic rings. The molecule has 1 aliphatic carbocycles. The normalized spacial score (nSPS) is 15.5.